The van der Waals surface area contributed by atoms with E-state index in [-0.39, 0.29) is 12.1 Å². The van der Waals surface area contributed by atoms with Crippen LogP contribution in [0.2, 0.25) is 0 Å². The summed E-state index contributed by atoms with van der Waals surface area (Å²) in [4.78, 5) is 37.4. The maximum absolute atomic E-state index is 12.0. The lowest BCUT2D eigenvalue weighted by atomic mass is 10.0. The van der Waals surface area contributed by atoms with Crippen molar-refractivity contribution < 1.29 is 14.3 Å². The van der Waals surface area contributed by atoms with Crippen LogP contribution in [0, 0.1) is 0 Å². The molecule has 2 N–H and O–H groups in total. The number of nitrogens with one attached hydrogen (secondary N) is 2. The summed E-state index contributed by atoms with van der Waals surface area (Å²) in [5.41, 5.74) is 0.515. The first-order chi connectivity index (χ1) is 13.5. The van der Waals surface area contributed by atoms with Crippen LogP contribution in [0.15, 0.2) is 33.9 Å². The van der Waals surface area contributed by atoms with Gasteiger partial charge >= 0.3 is 6.09 Å². The SMILES string of the molecule is CCOC(=O)N1CCC(Nc2c(NCc3ccccc3OC)c(=O)c2=O)CC1. The minimum absolute atomic E-state index is 0.0285. The molecular weight excluding hydrogens is 362 g/mol. The fourth-order valence-corrected chi connectivity index (χ4v) is 3.36. The lowest BCUT2D eigenvalue weighted by Crippen LogP contribution is -2.45. The number of benzene rings is 1. The highest BCUT2D eigenvalue weighted by Gasteiger charge is 2.27. The number of nitrogens with zero attached hydrogens (tertiary/aromatic N) is 1. The van der Waals surface area contributed by atoms with Gasteiger partial charge in [-0.05, 0) is 25.8 Å². The number of amides is 1. The second kappa shape index (κ2) is 8.77. The number of likely N-dealkylation sites (tertiary alicyclic amines) is 1. The molecule has 8 nitrogen and oxygen atoms in total. The van der Waals surface area contributed by atoms with Gasteiger partial charge < -0.3 is 25.0 Å². The van der Waals surface area contributed by atoms with Crippen molar-refractivity contribution >= 4 is 17.5 Å². The minimum Gasteiger partial charge on any atom is -0.496 e. The third-order valence-corrected chi connectivity index (χ3v) is 4.93. The van der Waals surface area contributed by atoms with Gasteiger partial charge in [-0.15, -0.1) is 0 Å². The average molecular weight is 387 g/mol. The summed E-state index contributed by atoms with van der Waals surface area (Å²) in [6.07, 6.45) is 1.06. The molecule has 0 aliphatic carbocycles. The number of anilines is 2. The van der Waals surface area contributed by atoms with Crippen LogP contribution in [-0.2, 0) is 11.3 Å². The molecule has 0 bridgehead atoms. The fourth-order valence-electron chi connectivity index (χ4n) is 3.36. The Hall–Kier alpha value is -3.03. The smallest absolute Gasteiger partial charge is 0.409 e. The number of para-hydroxylation sites is 1. The molecule has 1 saturated heterocycles. The average Bonchev–Trinajstić information content (AvgIpc) is 2.73. The van der Waals surface area contributed by atoms with Crippen LogP contribution in [0.4, 0.5) is 16.2 Å². The number of carbonyl (C=O) groups is 1. The molecule has 1 heterocycles. The van der Waals surface area contributed by atoms with Crippen LogP contribution < -0.4 is 26.2 Å². The van der Waals surface area contributed by atoms with Gasteiger partial charge in [0.05, 0.1) is 13.7 Å². The molecule has 0 atom stereocenters. The summed E-state index contributed by atoms with van der Waals surface area (Å²) < 4.78 is 10.3. The van der Waals surface area contributed by atoms with Crippen LogP contribution >= 0.6 is 0 Å². The van der Waals surface area contributed by atoms with Gasteiger partial charge in [0.15, 0.2) is 0 Å². The molecule has 8 heteroatoms. The van der Waals surface area contributed by atoms with Gasteiger partial charge in [-0.1, -0.05) is 18.2 Å². The highest BCUT2D eigenvalue weighted by atomic mass is 16.6. The first kappa shape index (κ1) is 19.7. The van der Waals surface area contributed by atoms with Crippen molar-refractivity contribution in [1.82, 2.24) is 4.90 Å². The third-order valence-electron chi connectivity index (χ3n) is 4.93. The highest BCUT2D eigenvalue weighted by molar-refractivity contribution is 5.74. The third kappa shape index (κ3) is 4.11. The van der Waals surface area contributed by atoms with E-state index in [4.69, 9.17) is 9.47 Å². The maximum Gasteiger partial charge on any atom is 0.409 e. The van der Waals surface area contributed by atoms with Crippen LogP contribution in [0.1, 0.15) is 25.3 Å². The van der Waals surface area contributed by atoms with E-state index in [2.05, 4.69) is 10.6 Å². The molecular formula is C20H25N3O5. The Kier molecular flexibility index (Phi) is 6.18. The lowest BCUT2D eigenvalue weighted by Gasteiger charge is -2.32. The van der Waals surface area contributed by atoms with Crippen molar-refractivity contribution in [2.45, 2.75) is 32.4 Å². The second-order valence-corrected chi connectivity index (χ2v) is 6.68. The van der Waals surface area contributed by atoms with Crippen molar-refractivity contribution in [1.29, 1.82) is 0 Å². The van der Waals surface area contributed by atoms with Crippen molar-refractivity contribution in [3.8, 4) is 5.75 Å². The molecule has 3 rings (SSSR count). The number of hydrogen-bond donors (Lipinski definition) is 2. The Labute approximate surface area is 163 Å². The number of methoxy groups -OCH3 is 1. The van der Waals surface area contributed by atoms with E-state index in [0.29, 0.717) is 50.5 Å². The molecule has 28 heavy (non-hydrogen) atoms. The van der Waals surface area contributed by atoms with Gasteiger partial charge in [-0.3, -0.25) is 9.59 Å². The summed E-state index contributed by atoms with van der Waals surface area (Å²) in [5, 5.41) is 6.23. The predicted molar refractivity (Wildman–Crippen MR) is 107 cm³/mol. The van der Waals surface area contributed by atoms with Crippen molar-refractivity contribution in [3.63, 3.8) is 0 Å². The van der Waals surface area contributed by atoms with Crippen molar-refractivity contribution in [2.24, 2.45) is 0 Å². The van der Waals surface area contributed by atoms with Crippen LogP contribution in [0.3, 0.4) is 0 Å². The van der Waals surface area contributed by atoms with Gasteiger partial charge in [-0.25, -0.2) is 4.79 Å². The Morgan fingerprint density at radius 2 is 1.82 bits per heavy atom. The van der Waals surface area contributed by atoms with Gasteiger partial charge in [0.25, 0.3) is 10.9 Å². The van der Waals surface area contributed by atoms with Gasteiger partial charge in [-0.2, -0.15) is 0 Å². The van der Waals surface area contributed by atoms with E-state index in [0.717, 1.165) is 11.3 Å². The number of carbonyl (C=O) groups excluding carboxylic acids is 1. The molecule has 0 unspecified atom stereocenters. The standard InChI is InChI=1S/C20H25N3O5/c1-3-28-20(26)23-10-8-14(9-11-23)22-17-16(18(24)19(17)25)21-12-13-6-4-5-7-15(13)27-2/h4-7,14,21-22H,3,8-12H2,1-2H3. The molecule has 2 aromatic rings. The van der Waals surface area contributed by atoms with Crippen molar-refractivity contribution in [2.75, 3.05) is 37.4 Å². The normalized spacial score (nSPS) is 14.7. The molecule has 1 aliphatic heterocycles. The van der Waals surface area contributed by atoms with E-state index < -0.39 is 10.9 Å². The van der Waals surface area contributed by atoms with E-state index in [9.17, 15) is 14.4 Å². The Bertz CT molecular complexity index is 896. The number of hydrogen-bond acceptors (Lipinski definition) is 7. The summed E-state index contributed by atoms with van der Waals surface area (Å²) in [5.74, 6) is 0.717. The van der Waals surface area contributed by atoms with E-state index in [1.807, 2.05) is 24.3 Å². The van der Waals surface area contributed by atoms with Gasteiger partial charge in [0, 0.05) is 31.2 Å². The molecule has 150 valence electrons. The molecule has 0 aromatic heterocycles. The minimum atomic E-state index is -0.513. The zero-order valence-corrected chi connectivity index (χ0v) is 16.1. The number of rotatable bonds is 7. The zero-order valence-electron chi connectivity index (χ0n) is 16.1. The largest absolute Gasteiger partial charge is 0.496 e. The molecule has 1 fully saturated rings. The predicted octanol–water partition coefficient (Wildman–Crippen LogP) is 1.94. The first-order valence-corrected chi connectivity index (χ1v) is 9.42. The summed E-state index contributed by atoms with van der Waals surface area (Å²) >= 11 is 0. The molecule has 0 saturated carbocycles. The van der Waals surface area contributed by atoms with Gasteiger partial charge in [0.2, 0.25) is 0 Å². The van der Waals surface area contributed by atoms with Crippen molar-refractivity contribution in [3.05, 3.63) is 50.3 Å². The Morgan fingerprint density at radius 1 is 1.14 bits per heavy atom. The number of piperidine rings is 1. The van der Waals surface area contributed by atoms with E-state index in [1.165, 1.54) is 0 Å². The first-order valence-electron chi connectivity index (χ1n) is 9.42. The molecule has 0 radical (unpaired) electrons. The van der Waals surface area contributed by atoms with Gasteiger partial charge in [0.1, 0.15) is 17.1 Å². The monoisotopic (exact) mass is 387 g/mol. The molecule has 2 aromatic carbocycles. The maximum atomic E-state index is 12.0. The zero-order chi connectivity index (χ0) is 20.1. The van der Waals surface area contributed by atoms with E-state index in [1.54, 1.807) is 18.9 Å². The quantitative estimate of drug-likeness (QED) is 0.701. The fraction of sp³-hybridized carbons (Fsp3) is 0.450. The summed E-state index contributed by atoms with van der Waals surface area (Å²) in [7, 11) is 1.59. The molecule has 0 spiro atoms. The second-order valence-electron chi connectivity index (χ2n) is 6.68. The lowest BCUT2D eigenvalue weighted by molar-refractivity contribution is 0.0983. The van der Waals surface area contributed by atoms with Crippen LogP contribution in [0.5, 0.6) is 5.75 Å². The topological polar surface area (TPSA) is 97.0 Å². The molecule has 1 amide bonds. The summed E-state index contributed by atoms with van der Waals surface area (Å²) in [6, 6.07) is 7.53. The Balaban J connectivity index is 1.59. The van der Waals surface area contributed by atoms with Crippen LogP contribution in [-0.4, -0.2) is 43.8 Å². The summed E-state index contributed by atoms with van der Waals surface area (Å²) in [6.45, 7) is 3.61. The molecule has 1 aliphatic rings. The van der Waals surface area contributed by atoms with E-state index >= 15 is 0 Å². The Morgan fingerprint density at radius 3 is 2.50 bits per heavy atom. The number of ether oxygens (including phenoxy) is 2. The van der Waals surface area contributed by atoms with Crippen LogP contribution in [0.25, 0.3) is 0 Å². The highest BCUT2D eigenvalue weighted by Crippen LogP contribution is 2.23.